The Morgan fingerprint density at radius 1 is 1.15 bits per heavy atom. The summed E-state index contributed by atoms with van der Waals surface area (Å²) < 4.78 is 12.8. The molecule has 0 atom stereocenters. The van der Waals surface area contributed by atoms with Crippen LogP contribution in [0.3, 0.4) is 0 Å². The number of benzene rings is 2. The number of imidazole rings is 1. The van der Waals surface area contributed by atoms with Crippen LogP contribution < -0.4 is 9.64 Å². The number of fused-ring (bicyclic) bond motifs is 1. The van der Waals surface area contributed by atoms with Gasteiger partial charge >= 0.3 is 0 Å². The van der Waals surface area contributed by atoms with Crippen molar-refractivity contribution < 1.29 is 19.7 Å². The molecule has 0 aliphatic carbocycles. The van der Waals surface area contributed by atoms with Gasteiger partial charge in [0.15, 0.2) is 11.5 Å². The first-order valence-electron chi connectivity index (χ1n) is 9.10. The zero-order valence-corrected chi connectivity index (χ0v) is 15.1. The van der Waals surface area contributed by atoms with Gasteiger partial charge in [-0.3, -0.25) is 0 Å². The number of nitrogens with zero attached hydrogens (tertiary/aromatic N) is 3. The lowest BCUT2D eigenvalue weighted by Gasteiger charge is -2.33. The molecule has 0 spiro atoms. The van der Waals surface area contributed by atoms with Crippen LogP contribution in [0.1, 0.15) is 12.5 Å². The van der Waals surface area contributed by atoms with Crippen molar-refractivity contribution >= 4 is 16.7 Å². The normalized spacial score (nSPS) is 17.0. The van der Waals surface area contributed by atoms with Gasteiger partial charge in [0.2, 0.25) is 5.75 Å². The molecular weight excluding hydrogens is 346 g/mol. The minimum atomic E-state index is -0.268. The molecule has 27 heavy (non-hydrogen) atoms. The van der Waals surface area contributed by atoms with Crippen LogP contribution in [0.4, 0.5) is 5.69 Å². The third-order valence-corrected chi connectivity index (χ3v) is 5.41. The van der Waals surface area contributed by atoms with Crippen LogP contribution in [-0.2, 0) is 4.74 Å². The first kappa shape index (κ1) is 16.3. The molecule has 2 aromatic carbocycles. The summed E-state index contributed by atoms with van der Waals surface area (Å²) in [6, 6.07) is 9.74. The van der Waals surface area contributed by atoms with Gasteiger partial charge in [-0.2, -0.15) is 0 Å². The van der Waals surface area contributed by atoms with Crippen LogP contribution in [0, 0.1) is 0 Å². The number of phenolic OH excluding ortho intramolecular Hbond substituents is 2. The molecule has 0 bridgehead atoms. The van der Waals surface area contributed by atoms with Gasteiger partial charge in [-0.1, -0.05) is 0 Å². The number of hydrogen-bond donors (Lipinski definition) is 2. The van der Waals surface area contributed by atoms with E-state index in [0.717, 1.165) is 29.9 Å². The second-order valence-electron chi connectivity index (χ2n) is 7.06. The fraction of sp³-hybridized carbons (Fsp3) is 0.350. The van der Waals surface area contributed by atoms with Crippen molar-refractivity contribution in [2.75, 3.05) is 38.3 Å². The van der Waals surface area contributed by atoms with Crippen LogP contribution in [0.25, 0.3) is 22.4 Å². The molecule has 0 amide bonds. The Kier molecular flexibility index (Phi) is 3.65. The summed E-state index contributed by atoms with van der Waals surface area (Å²) in [7, 11) is 1.46. The number of aromatic nitrogens is 2. The highest BCUT2D eigenvalue weighted by Gasteiger charge is 2.28. The Morgan fingerprint density at radius 3 is 2.59 bits per heavy atom. The summed E-state index contributed by atoms with van der Waals surface area (Å²) in [5, 5.41) is 20.1. The van der Waals surface area contributed by atoms with E-state index in [0.29, 0.717) is 18.8 Å². The molecule has 0 radical (unpaired) electrons. The van der Waals surface area contributed by atoms with E-state index in [1.807, 2.05) is 6.07 Å². The topological polar surface area (TPSA) is 80.0 Å². The predicted octanol–water partition coefficient (Wildman–Crippen LogP) is 2.90. The van der Waals surface area contributed by atoms with Crippen LogP contribution in [0.15, 0.2) is 30.3 Å². The van der Waals surface area contributed by atoms with E-state index in [-0.39, 0.29) is 23.3 Å². The lowest BCUT2D eigenvalue weighted by molar-refractivity contribution is -0.0209. The van der Waals surface area contributed by atoms with Gasteiger partial charge in [-0.05, 0) is 36.8 Å². The van der Waals surface area contributed by atoms with Gasteiger partial charge in [0.25, 0.3) is 0 Å². The molecule has 7 nitrogen and oxygen atoms in total. The van der Waals surface area contributed by atoms with E-state index in [1.54, 1.807) is 6.07 Å². The van der Waals surface area contributed by atoms with Gasteiger partial charge in [-0.25, -0.2) is 4.98 Å². The third kappa shape index (κ3) is 2.49. The van der Waals surface area contributed by atoms with Gasteiger partial charge in [-0.15, -0.1) is 0 Å². The van der Waals surface area contributed by atoms with Crippen LogP contribution >= 0.6 is 0 Å². The molecule has 5 rings (SSSR count). The third-order valence-electron chi connectivity index (χ3n) is 5.41. The number of aromatic hydroxyl groups is 2. The Bertz CT molecular complexity index is 1020. The summed E-state index contributed by atoms with van der Waals surface area (Å²) in [6.07, 6.45) is 1.23. The minimum Gasteiger partial charge on any atom is -0.504 e. The van der Waals surface area contributed by atoms with Gasteiger partial charge in [0.05, 0.1) is 37.4 Å². The molecule has 2 saturated heterocycles. The smallest absolute Gasteiger partial charge is 0.200 e. The van der Waals surface area contributed by atoms with Gasteiger partial charge in [0.1, 0.15) is 5.82 Å². The van der Waals surface area contributed by atoms with E-state index >= 15 is 0 Å². The van der Waals surface area contributed by atoms with Crippen molar-refractivity contribution in [3.8, 4) is 28.6 Å². The van der Waals surface area contributed by atoms with E-state index in [2.05, 4.69) is 21.6 Å². The quantitative estimate of drug-likeness (QED) is 0.690. The Hall–Kier alpha value is -2.93. The zero-order chi connectivity index (χ0) is 18.5. The van der Waals surface area contributed by atoms with E-state index < -0.39 is 0 Å². The van der Waals surface area contributed by atoms with Crippen LogP contribution in [0.2, 0.25) is 0 Å². The lowest BCUT2D eigenvalue weighted by Crippen LogP contribution is -2.37. The second kappa shape index (κ2) is 6.06. The maximum absolute atomic E-state index is 10.1. The van der Waals surface area contributed by atoms with Crippen molar-refractivity contribution in [2.24, 2.45) is 0 Å². The summed E-state index contributed by atoms with van der Waals surface area (Å²) in [4.78, 5) is 7.17. The standard InChI is InChI=1S/C20H21N3O4/c1-26-18-8-12(7-17(24)19(18)25)20-21-15-4-3-13(22-5-2-6-22)9-16(15)23(20)14-10-27-11-14/h3-4,7-9,14,24-25H,2,5-6,10-11H2,1H3. The summed E-state index contributed by atoms with van der Waals surface area (Å²) in [5.41, 5.74) is 3.84. The van der Waals surface area contributed by atoms with Crippen molar-refractivity contribution in [3.63, 3.8) is 0 Å². The van der Waals surface area contributed by atoms with Gasteiger partial charge in [0, 0.05) is 24.3 Å². The molecular formula is C20H21N3O4. The molecule has 1 aromatic heterocycles. The molecule has 0 unspecified atom stereocenters. The number of hydrogen-bond acceptors (Lipinski definition) is 6. The molecule has 3 heterocycles. The summed E-state index contributed by atoms with van der Waals surface area (Å²) >= 11 is 0. The van der Waals surface area contributed by atoms with Crippen LogP contribution in [0.5, 0.6) is 17.2 Å². The van der Waals surface area contributed by atoms with E-state index in [1.165, 1.54) is 25.3 Å². The summed E-state index contributed by atoms with van der Waals surface area (Å²) in [5.74, 6) is 0.451. The maximum Gasteiger partial charge on any atom is 0.200 e. The number of ether oxygens (including phenoxy) is 2. The predicted molar refractivity (Wildman–Crippen MR) is 102 cm³/mol. The first-order valence-corrected chi connectivity index (χ1v) is 9.10. The zero-order valence-electron chi connectivity index (χ0n) is 15.1. The van der Waals surface area contributed by atoms with Crippen molar-refractivity contribution in [1.29, 1.82) is 0 Å². The number of anilines is 1. The van der Waals surface area contributed by atoms with Crippen LogP contribution in [-0.4, -0.2) is 53.2 Å². The highest BCUT2D eigenvalue weighted by molar-refractivity contribution is 5.85. The largest absolute Gasteiger partial charge is 0.504 e. The SMILES string of the molecule is COc1cc(-c2nc3ccc(N4CCC4)cc3n2C2COC2)cc(O)c1O. The van der Waals surface area contributed by atoms with E-state index in [9.17, 15) is 10.2 Å². The molecule has 3 aromatic rings. The number of phenols is 2. The van der Waals surface area contributed by atoms with E-state index in [4.69, 9.17) is 14.5 Å². The average Bonchev–Trinajstić information content (AvgIpc) is 2.93. The Labute approximate surface area is 156 Å². The summed E-state index contributed by atoms with van der Waals surface area (Å²) in [6.45, 7) is 3.44. The minimum absolute atomic E-state index is 0.193. The van der Waals surface area contributed by atoms with Gasteiger partial charge < -0.3 is 29.2 Å². The Morgan fingerprint density at radius 2 is 1.96 bits per heavy atom. The monoisotopic (exact) mass is 367 g/mol. The second-order valence-corrected chi connectivity index (χ2v) is 7.06. The maximum atomic E-state index is 10.1. The van der Waals surface area contributed by atoms with Crippen molar-refractivity contribution in [2.45, 2.75) is 12.5 Å². The fourth-order valence-corrected chi connectivity index (χ4v) is 3.68. The highest BCUT2D eigenvalue weighted by atomic mass is 16.5. The molecule has 2 fully saturated rings. The first-order chi connectivity index (χ1) is 13.2. The molecule has 0 saturated carbocycles. The fourth-order valence-electron chi connectivity index (χ4n) is 3.68. The lowest BCUT2D eigenvalue weighted by atomic mass is 10.1. The number of rotatable bonds is 4. The molecule has 7 heteroatoms. The average molecular weight is 367 g/mol. The molecule has 2 aliphatic heterocycles. The molecule has 140 valence electrons. The van der Waals surface area contributed by atoms with Crippen molar-refractivity contribution in [1.82, 2.24) is 9.55 Å². The number of methoxy groups -OCH3 is 1. The molecule has 2 N–H and O–H groups in total. The molecule has 2 aliphatic rings. The highest BCUT2D eigenvalue weighted by Crippen LogP contribution is 2.41. The Balaban J connectivity index is 1.70. The van der Waals surface area contributed by atoms with Crippen molar-refractivity contribution in [3.05, 3.63) is 30.3 Å².